The number of allylic oxidation sites excluding steroid dienone is 1. The lowest BCUT2D eigenvalue weighted by Gasteiger charge is -2.20. The van der Waals surface area contributed by atoms with E-state index < -0.39 is 0 Å². The highest BCUT2D eigenvalue weighted by atomic mass is 32.2. The average Bonchev–Trinajstić information content (AvgIpc) is 3.42. The zero-order valence-electron chi connectivity index (χ0n) is 16.5. The fraction of sp³-hybridized carbons (Fsp3) is 0.381. The number of rotatable bonds is 6. The molecule has 0 radical (unpaired) electrons. The van der Waals surface area contributed by atoms with Crippen LogP contribution >= 0.6 is 11.8 Å². The Bertz CT molecular complexity index is 952. The number of thioether (sulfide) groups is 1. The number of hydrogen-bond donors (Lipinski definition) is 3. The van der Waals surface area contributed by atoms with Crippen molar-refractivity contribution in [3.63, 3.8) is 0 Å². The van der Waals surface area contributed by atoms with E-state index in [0.29, 0.717) is 18.8 Å². The van der Waals surface area contributed by atoms with Crippen molar-refractivity contribution < 1.29 is 9.59 Å². The molecule has 2 amide bonds. The minimum Gasteiger partial charge on any atom is -0.368 e. The Hall–Kier alpha value is -2.74. The summed E-state index contributed by atoms with van der Waals surface area (Å²) < 4.78 is 0. The Morgan fingerprint density at radius 1 is 1.28 bits per heavy atom. The second kappa shape index (κ2) is 8.73. The topological polar surface area (TPSA) is 90.1 Å². The summed E-state index contributed by atoms with van der Waals surface area (Å²) in [6.45, 7) is 1.79. The zero-order chi connectivity index (χ0) is 20.2. The highest BCUT2D eigenvalue weighted by Crippen LogP contribution is 2.25. The molecular formula is C21H25N5O2S. The largest absolute Gasteiger partial charge is 0.368 e. The Labute approximate surface area is 174 Å². The molecule has 8 heteroatoms. The molecule has 0 fully saturated rings. The van der Waals surface area contributed by atoms with Gasteiger partial charge in [-0.15, -0.1) is 11.8 Å². The number of hydrogen-bond acceptors (Lipinski definition) is 5. The van der Waals surface area contributed by atoms with E-state index in [4.69, 9.17) is 0 Å². The first-order valence-electron chi connectivity index (χ1n) is 9.88. The maximum Gasteiger partial charge on any atom is 0.272 e. The summed E-state index contributed by atoms with van der Waals surface area (Å²) in [5.74, 6) is 1.66. The number of nitrogens with zero attached hydrogens (tertiary/aromatic N) is 2. The fourth-order valence-corrected chi connectivity index (χ4v) is 4.54. The van der Waals surface area contributed by atoms with Crippen LogP contribution in [0.5, 0.6) is 0 Å². The van der Waals surface area contributed by atoms with Crippen LogP contribution in [-0.4, -0.2) is 46.3 Å². The van der Waals surface area contributed by atoms with Gasteiger partial charge in [0.15, 0.2) is 5.82 Å². The van der Waals surface area contributed by atoms with Crippen molar-refractivity contribution in [1.29, 1.82) is 0 Å². The Morgan fingerprint density at radius 3 is 2.90 bits per heavy atom. The SMILES string of the molecule is CN(Cc1ccccc1CNC(=O)C1=CCCS1)C(=O)c1[nH]nc2c1CCCN2. The van der Waals surface area contributed by atoms with Gasteiger partial charge in [-0.1, -0.05) is 30.3 Å². The molecule has 2 aliphatic rings. The summed E-state index contributed by atoms with van der Waals surface area (Å²) in [5.41, 5.74) is 3.56. The van der Waals surface area contributed by atoms with Crippen molar-refractivity contribution >= 4 is 29.4 Å². The smallest absolute Gasteiger partial charge is 0.272 e. The number of benzene rings is 1. The van der Waals surface area contributed by atoms with Gasteiger partial charge in [0.05, 0.1) is 4.91 Å². The van der Waals surface area contributed by atoms with E-state index in [1.165, 1.54) is 0 Å². The highest BCUT2D eigenvalue weighted by Gasteiger charge is 2.24. The van der Waals surface area contributed by atoms with Crippen molar-refractivity contribution in [2.24, 2.45) is 0 Å². The fourth-order valence-electron chi connectivity index (χ4n) is 3.64. The monoisotopic (exact) mass is 411 g/mol. The number of nitrogens with one attached hydrogen (secondary N) is 3. The van der Waals surface area contributed by atoms with E-state index in [0.717, 1.165) is 59.0 Å². The normalized spacial score (nSPS) is 15.3. The van der Waals surface area contributed by atoms with Crippen LogP contribution in [0.4, 0.5) is 5.82 Å². The standard InChI is InChI=1S/C21H25N5O2S/c1-26(21(28)18-16-8-4-10-22-19(16)25-24-18)13-15-7-3-2-6-14(15)12-23-20(27)17-9-5-11-29-17/h2-3,6-7,9H,4-5,8,10-13H2,1H3,(H,23,27)(H2,22,24,25). The maximum atomic E-state index is 13.0. The molecule has 0 atom stereocenters. The number of carbonyl (C=O) groups excluding carboxylic acids is 2. The second-order valence-electron chi connectivity index (χ2n) is 7.27. The average molecular weight is 412 g/mol. The first-order valence-corrected chi connectivity index (χ1v) is 10.9. The second-order valence-corrected chi connectivity index (χ2v) is 8.41. The third-order valence-corrected chi connectivity index (χ3v) is 6.32. The molecule has 7 nitrogen and oxygen atoms in total. The molecule has 0 saturated carbocycles. The van der Waals surface area contributed by atoms with Crippen LogP contribution in [0, 0.1) is 0 Å². The molecule has 0 unspecified atom stereocenters. The molecule has 29 heavy (non-hydrogen) atoms. The van der Waals surface area contributed by atoms with Gasteiger partial charge >= 0.3 is 0 Å². The molecule has 3 heterocycles. The Balaban J connectivity index is 1.43. The van der Waals surface area contributed by atoms with Crippen molar-refractivity contribution in [2.75, 3.05) is 24.7 Å². The maximum absolute atomic E-state index is 13.0. The van der Waals surface area contributed by atoms with Crippen LogP contribution in [0.3, 0.4) is 0 Å². The molecule has 0 saturated heterocycles. The summed E-state index contributed by atoms with van der Waals surface area (Å²) in [7, 11) is 1.79. The number of aromatic nitrogens is 2. The van der Waals surface area contributed by atoms with Gasteiger partial charge in [-0.25, -0.2) is 0 Å². The van der Waals surface area contributed by atoms with Gasteiger partial charge in [-0.2, -0.15) is 5.10 Å². The van der Waals surface area contributed by atoms with Crippen LogP contribution < -0.4 is 10.6 Å². The highest BCUT2D eigenvalue weighted by molar-refractivity contribution is 8.04. The lowest BCUT2D eigenvalue weighted by atomic mass is 10.0. The molecule has 1 aromatic heterocycles. The van der Waals surface area contributed by atoms with Crippen molar-refractivity contribution in [3.05, 3.63) is 57.6 Å². The molecule has 4 rings (SSSR count). The number of carbonyl (C=O) groups is 2. The molecule has 0 spiro atoms. The molecule has 1 aromatic carbocycles. The first-order chi connectivity index (χ1) is 14.1. The van der Waals surface area contributed by atoms with Gasteiger partial charge in [-0.3, -0.25) is 14.7 Å². The summed E-state index contributed by atoms with van der Waals surface area (Å²) in [6.07, 6.45) is 4.78. The van der Waals surface area contributed by atoms with Gasteiger partial charge < -0.3 is 15.5 Å². The van der Waals surface area contributed by atoms with Crippen LogP contribution in [0.2, 0.25) is 0 Å². The summed E-state index contributed by atoms with van der Waals surface area (Å²) in [4.78, 5) is 27.7. The summed E-state index contributed by atoms with van der Waals surface area (Å²) in [5, 5.41) is 13.4. The van der Waals surface area contributed by atoms with E-state index >= 15 is 0 Å². The molecule has 2 aliphatic heterocycles. The van der Waals surface area contributed by atoms with Gasteiger partial charge in [0, 0.05) is 38.0 Å². The van der Waals surface area contributed by atoms with Crippen molar-refractivity contribution in [2.45, 2.75) is 32.4 Å². The summed E-state index contributed by atoms with van der Waals surface area (Å²) >= 11 is 1.60. The van der Waals surface area contributed by atoms with Crippen LogP contribution in [0.25, 0.3) is 0 Å². The molecule has 2 aromatic rings. The van der Waals surface area contributed by atoms with Gasteiger partial charge in [0.2, 0.25) is 0 Å². The molecular weight excluding hydrogens is 386 g/mol. The zero-order valence-corrected chi connectivity index (χ0v) is 17.3. The van der Waals surface area contributed by atoms with E-state index in [1.807, 2.05) is 30.3 Å². The van der Waals surface area contributed by atoms with Crippen molar-refractivity contribution in [1.82, 2.24) is 20.4 Å². The van der Waals surface area contributed by atoms with Gasteiger partial charge in [0.1, 0.15) is 5.69 Å². The van der Waals surface area contributed by atoms with E-state index in [2.05, 4.69) is 20.8 Å². The van der Waals surface area contributed by atoms with E-state index in [9.17, 15) is 9.59 Å². The van der Waals surface area contributed by atoms with Gasteiger partial charge in [-0.05, 0) is 30.4 Å². The molecule has 3 N–H and O–H groups in total. The van der Waals surface area contributed by atoms with Crippen LogP contribution in [-0.2, 0) is 24.3 Å². The number of aromatic amines is 1. The van der Waals surface area contributed by atoms with Crippen LogP contribution in [0.15, 0.2) is 35.2 Å². The number of H-pyrrole nitrogens is 1. The third kappa shape index (κ3) is 4.32. The number of fused-ring (bicyclic) bond motifs is 1. The summed E-state index contributed by atoms with van der Waals surface area (Å²) in [6, 6.07) is 7.90. The van der Waals surface area contributed by atoms with Crippen LogP contribution in [0.1, 0.15) is 40.0 Å². The molecule has 0 bridgehead atoms. The first kappa shape index (κ1) is 19.6. The number of amides is 2. The third-order valence-electron chi connectivity index (χ3n) is 5.22. The van der Waals surface area contributed by atoms with Crippen molar-refractivity contribution in [3.8, 4) is 0 Å². The minimum atomic E-state index is -0.0752. The Morgan fingerprint density at radius 2 is 2.10 bits per heavy atom. The molecule has 152 valence electrons. The van der Waals surface area contributed by atoms with E-state index in [-0.39, 0.29) is 11.8 Å². The molecule has 0 aliphatic carbocycles. The predicted octanol–water partition coefficient (Wildman–Crippen LogP) is 2.68. The number of anilines is 1. The Kier molecular flexibility index (Phi) is 5.89. The predicted molar refractivity (Wildman–Crippen MR) is 115 cm³/mol. The lowest BCUT2D eigenvalue weighted by molar-refractivity contribution is -0.116. The lowest BCUT2D eigenvalue weighted by Crippen LogP contribution is -2.29. The quantitative estimate of drug-likeness (QED) is 0.680. The van der Waals surface area contributed by atoms with E-state index in [1.54, 1.807) is 23.7 Å². The van der Waals surface area contributed by atoms with Gasteiger partial charge in [0.25, 0.3) is 11.8 Å². The minimum absolute atomic E-state index is 0.0247.